The molecule has 0 unspecified atom stereocenters. The van der Waals surface area contributed by atoms with Gasteiger partial charge in [0, 0.05) is 19.1 Å². The number of likely N-dealkylation sites (tertiary alicyclic amines) is 1. The van der Waals surface area contributed by atoms with Crippen LogP contribution in [0.2, 0.25) is 0 Å². The molecule has 1 aliphatic heterocycles. The Kier molecular flexibility index (Phi) is 6.04. The van der Waals surface area contributed by atoms with Crippen LogP contribution >= 0.6 is 12.4 Å². The number of alkyl halides is 3. The zero-order chi connectivity index (χ0) is 14.8. The van der Waals surface area contributed by atoms with E-state index in [1.54, 1.807) is 4.90 Å². The summed E-state index contributed by atoms with van der Waals surface area (Å²) in [6.07, 6.45) is -2.45. The third-order valence-electron chi connectivity index (χ3n) is 3.45. The van der Waals surface area contributed by atoms with Crippen LogP contribution in [-0.4, -0.2) is 29.9 Å². The monoisotopic (exact) mass is 322 g/mol. The summed E-state index contributed by atoms with van der Waals surface area (Å²) in [5.74, 6) is -0.0834. The van der Waals surface area contributed by atoms with Gasteiger partial charge >= 0.3 is 6.18 Å². The van der Waals surface area contributed by atoms with Gasteiger partial charge < -0.3 is 10.6 Å². The summed E-state index contributed by atoms with van der Waals surface area (Å²) in [5.41, 5.74) is 5.69. The van der Waals surface area contributed by atoms with Crippen molar-refractivity contribution < 1.29 is 18.0 Å². The van der Waals surface area contributed by atoms with E-state index in [9.17, 15) is 18.0 Å². The van der Waals surface area contributed by atoms with Crippen molar-refractivity contribution in [1.29, 1.82) is 0 Å². The molecule has 1 saturated heterocycles. The zero-order valence-corrected chi connectivity index (χ0v) is 12.2. The van der Waals surface area contributed by atoms with Crippen LogP contribution in [0.4, 0.5) is 13.2 Å². The quantitative estimate of drug-likeness (QED) is 0.910. The predicted molar refractivity (Wildman–Crippen MR) is 76.2 cm³/mol. The van der Waals surface area contributed by atoms with Crippen LogP contribution in [0.3, 0.4) is 0 Å². The molecule has 1 amide bonds. The summed E-state index contributed by atoms with van der Waals surface area (Å²) in [5, 5.41) is 0. The fraction of sp³-hybridized carbons (Fsp3) is 0.500. The molecule has 118 valence electrons. The van der Waals surface area contributed by atoms with Crippen LogP contribution < -0.4 is 5.73 Å². The molecule has 1 atom stereocenters. The zero-order valence-electron chi connectivity index (χ0n) is 11.4. The Bertz CT molecular complexity index is 476. The Balaban J connectivity index is 0.00000220. The standard InChI is InChI=1S/C14H17F3N2O.ClH/c15-14(16,17)11-5-3-10(4-6-11)8-13(20)19-7-1-2-12(18)9-19;/h3-6,12H,1-2,7-9,18H2;1H/t12-;/m1./s1. The third kappa shape index (κ3) is 4.89. The highest BCUT2D eigenvalue weighted by Crippen LogP contribution is 2.29. The number of rotatable bonds is 2. The van der Waals surface area contributed by atoms with E-state index in [0.717, 1.165) is 25.0 Å². The Morgan fingerprint density at radius 3 is 2.43 bits per heavy atom. The maximum atomic E-state index is 12.4. The van der Waals surface area contributed by atoms with Crippen molar-refractivity contribution in [2.45, 2.75) is 31.5 Å². The number of halogens is 4. The van der Waals surface area contributed by atoms with E-state index in [0.29, 0.717) is 18.7 Å². The van der Waals surface area contributed by atoms with E-state index in [-0.39, 0.29) is 30.8 Å². The molecule has 2 N–H and O–H groups in total. The molecule has 0 aliphatic carbocycles. The molecule has 1 fully saturated rings. The largest absolute Gasteiger partial charge is 0.416 e. The molecule has 0 saturated carbocycles. The number of piperidine rings is 1. The Morgan fingerprint density at radius 1 is 1.29 bits per heavy atom. The second-order valence-corrected chi connectivity index (χ2v) is 5.11. The first-order valence-electron chi connectivity index (χ1n) is 6.56. The number of amides is 1. The van der Waals surface area contributed by atoms with Crippen molar-refractivity contribution in [1.82, 2.24) is 4.90 Å². The van der Waals surface area contributed by atoms with E-state index in [2.05, 4.69) is 0 Å². The van der Waals surface area contributed by atoms with Crippen LogP contribution in [0.5, 0.6) is 0 Å². The van der Waals surface area contributed by atoms with E-state index < -0.39 is 11.7 Å². The minimum atomic E-state index is -4.35. The van der Waals surface area contributed by atoms with E-state index in [1.807, 2.05) is 0 Å². The minimum absolute atomic E-state index is 0. The van der Waals surface area contributed by atoms with Gasteiger partial charge in [0.25, 0.3) is 0 Å². The highest BCUT2D eigenvalue weighted by Gasteiger charge is 2.30. The van der Waals surface area contributed by atoms with Crippen LogP contribution in [0.25, 0.3) is 0 Å². The second-order valence-electron chi connectivity index (χ2n) is 5.11. The van der Waals surface area contributed by atoms with Crippen LogP contribution in [0.15, 0.2) is 24.3 Å². The third-order valence-corrected chi connectivity index (χ3v) is 3.45. The summed E-state index contributed by atoms with van der Waals surface area (Å²) >= 11 is 0. The molecular weight excluding hydrogens is 305 g/mol. The normalized spacial score (nSPS) is 19.0. The molecule has 0 bridgehead atoms. The summed E-state index contributed by atoms with van der Waals surface area (Å²) in [6, 6.07) is 4.71. The molecular formula is C14H18ClF3N2O. The molecule has 0 radical (unpaired) electrons. The van der Waals surface area contributed by atoms with Gasteiger partial charge in [-0.25, -0.2) is 0 Å². The SMILES string of the molecule is Cl.N[C@@H]1CCCN(C(=O)Cc2ccc(C(F)(F)F)cc2)C1. The van der Waals surface area contributed by atoms with Crippen LogP contribution in [0, 0.1) is 0 Å². The Labute approximate surface area is 127 Å². The highest BCUT2D eigenvalue weighted by atomic mass is 35.5. The van der Waals surface area contributed by atoms with Gasteiger partial charge in [0.1, 0.15) is 0 Å². The van der Waals surface area contributed by atoms with E-state index in [1.165, 1.54) is 12.1 Å². The first kappa shape index (κ1) is 17.8. The molecule has 0 aromatic heterocycles. The van der Waals surface area contributed by atoms with Crippen LogP contribution in [-0.2, 0) is 17.4 Å². The molecule has 2 rings (SSSR count). The fourth-order valence-corrected chi connectivity index (χ4v) is 2.33. The molecule has 1 aliphatic rings. The van der Waals surface area contributed by atoms with E-state index >= 15 is 0 Å². The number of hydrogen-bond acceptors (Lipinski definition) is 2. The van der Waals surface area contributed by atoms with Gasteiger partial charge in [-0.3, -0.25) is 4.79 Å². The van der Waals surface area contributed by atoms with E-state index in [4.69, 9.17) is 5.73 Å². The summed E-state index contributed by atoms with van der Waals surface area (Å²) < 4.78 is 37.3. The molecule has 1 aromatic rings. The lowest BCUT2D eigenvalue weighted by atomic mass is 10.0. The Hall–Kier alpha value is -1.27. The first-order chi connectivity index (χ1) is 9.36. The number of carbonyl (C=O) groups is 1. The summed E-state index contributed by atoms with van der Waals surface area (Å²) in [4.78, 5) is 13.7. The van der Waals surface area contributed by atoms with Gasteiger partial charge in [-0.05, 0) is 30.5 Å². The predicted octanol–water partition coefficient (Wildman–Crippen LogP) is 2.62. The number of carbonyl (C=O) groups excluding carboxylic acids is 1. The topological polar surface area (TPSA) is 46.3 Å². The summed E-state index contributed by atoms with van der Waals surface area (Å²) in [7, 11) is 0. The number of nitrogens with zero attached hydrogens (tertiary/aromatic N) is 1. The van der Waals surface area contributed by atoms with Gasteiger partial charge in [-0.2, -0.15) is 13.2 Å². The minimum Gasteiger partial charge on any atom is -0.341 e. The first-order valence-corrected chi connectivity index (χ1v) is 6.56. The average Bonchev–Trinajstić information content (AvgIpc) is 2.38. The lowest BCUT2D eigenvalue weighted by molar-refractivity contribution is -0.137. The van der Waals surface area contributed by atoms with Gasteiger partial charge in [-0.1, -0.05) is 12.1 Å². The van der Waals surface area contributed by atoms with Gasteiger partial charge in [0.05, 0.1) is 12.0 Å². The van der Waals surface area contributed by atoms with Crippen molar-refractivity contribution in [2.75, 3.05) is 13.1 Å². The summed E-state index contributed by atoms with van der Waals surface area (Å²) in [6.45, 7) is 1.20. The van der Waals surface area contributed by atoms with Crippen molar-refractivity contribution >= 4 is 18.3 Å². The average molecular weight is 323 g/mol. The number of benzene rings is 1. The molecule has 0 spiro atoms. The smallest absolute Gasteiger partial charge is 0.341 e. The van der Waals surface area contributed by atoms with Crippen molar-refractivity contribution in [3.05, 3.63) is 35.4 Å². The molecule has 7 heteroatoms. The van der Waals surface area contributed by atoms with Gasteiger partial charge in [0.2, 0.25) is 5.91 Å². The van der Waals surface area contributed by atoms with Crippen molar-refractivity contribution in [3.63, 3.8) is 0 Å². The molecule has 1 aromatic carbocycles. The lowest BCUT2D eigenvalue weighted by Gasteiger charge is -2.30. The molecule has 1 heterocycles. The van der Waals surface area contributed by atoms with Crippen LogP contribution in [0.1, 0.15) is 24.0 Å². The second kappa shape index (κ2) is 7.13. The van der Waals surface area contributed by atoms with Gasteiger partial charge in [0.15, 0.2) is 0 Å². The number of hydrogen-bond donors (Lipinski definition) is 1. The fourth-order valence-electron chi connectivity index (χ4n) is 2.33. The maximum Gasteiger partial charge on any atom is 0.416 e. The molecule has 21 heavy (non-hydrogen) atoms. The lowest BCUT2D eigenvalue weighted by Crippen LogP contribution is -2.46. The van der Waals surface area contributed by atoms with Crippen molar-refractivity contribution in [2.24, 2.45) is 5.73 Å². The van der Waals surface area contributed by atoms with Crippen molar-refractivity contribution in [3.8, 4) is 0 Å². The number of nitrogens with two attached hydrogens (primary N) is 1. The molecule has 3 nitrogen and oxygen atoms in total. The van der Waals surface area contributed by atoms with Gasteiger partial charge in [-0.15, -0.1) is 12.4 Å². The Morgan fingerprint density at radius 2 is 1.90 bits per heavy atom. The maximum absolute atomic E-state index is 12.4. The highest BCUT2D eigenvalue weighted by molar-refractivity contribution is 5.85.